The normalized spacial score (nSPS) is 14.8. The molecule has 1 aliphatic rings. The molecule has 2 heterocycles. The van der Waals surface area contributed by atoms with E-state index in [1.807, 2.05) is 0 Å². The number of aromatic nitrogens is 3. The average molecular weight is 398 g/mol. The Balaban J connectivity index is 1.49. The highest BCUT2D eigenvalue weighted by Crippen LogP contribution is 2.31. The van der Waals surface area contributed by atoms with Crippen molar-refractivity contribution in [2.75, 3.05) is 39.5 Å². The van der Waals surface area contributed by atoms with Gasteiger partial charge in [0.2, 0.25) is 0 Å². The third-order valence-electron chi connectivity index (χ3n) is 4.77. The monoisotopic (exact) mass is 398 g/mol. The van der Waals surface area contributed by atoms with Gasteiger partial charge < -0.3 is 19.7 Å². The molecule has 2 aromatic carbocycles. The van der Waals surface area contributed by atoms with Crippen molar-refractivity contribution in [1.82, 2.24) is 19.7 Å². The molecule has 9 heteroatoms. The quantitative estimate of drug-likeness (QED) is 0.574. The highest BCUT2D eigenvalue weighted by Gasteiger charge is 2.16. The van der Waals surface area contributed by atoms with E-state index in [9.17, 15) is 15.0 Å². The van der Waals surface area contributed by atoms with Crippen molar-refractivity contribution in [3.8, 4) is 34.3 Å². The molecule has 0 saturated carbocycles. The molecular formula is C20H22N4O5. The van der Waals surface area contributed by atoms with Gasteiger partial charge in [-0.15, -0.1) is 0 Å². The molecule has 3 N–H and O–H groups in total. The van der Waals surface area contributed by atoms with Crippen LogP contribution in [0.25, 0.3) is 17.1 Å². The number of phenols is 2. The number of phenolic OH excluding ortho intramolecular Hbond substituents is 2. The SMILES string of the molecule is O=c1[nH]nc(-c2ccc(O)cc2O)n1-c1ccc(OCCN2CCOCC2)cc1. The van der Waals surface area contributed by atoms with Gasteiger partial charge in [-0.1, -0.05) is 0 Å². The summed E-state index contributed by atoms with van der Waals surface area (Å²) >= 11 is 0. The van der Waals surface area contributed by atoms with Gasteiger partial charge in [0.1, 0.15) is 23.9 Å². The first-order valence-corrected chi connectivity index (χ1v) is 9.35. The molecule has 1 aromatic heterocycles. The molecule has 0 aliphatic carbocycles. The van der Waals surface area contributed by atoms with E-state index in [2.05, 4.69) is 15.1 Å². The van der Waals surface area contributed by atoms with Crippen LogP contribution < -0.4 is 10.4 Å². The van der Waals surface area contributed by atoms with E-state index in [1.54, 1.807) is 24.3 Å². The lowest BCUT2D eigenvalue weighted by Crippen LogP contribution is -2.38. The smallest absolute Gasteiger partial charge is 0.348 e. The van der Waals surface area contributed by atoms with Crippen LogP contribution in [-0.2, 0) is 4.74 Å². The Bertz CT molecular complexity index is 1020. The maximum atomic E-state index is 12.3. The Morgan fingerprint density at radius 3 is 2.59 bits per heavy atom. The minimum Gasteiger partial charge on any atom is -0.508 e. The van der Waals surface area contributed by atoms with Gasteiger partial charge in [0.25, 0.3) is 0 Å². The molecule has 1 fully saturated rings. The first kappa shape index (κ1) is 19.0. The van der Waals surface area contributed by atoms with Gasteiger partial charge in [0.15, 0.2) is 5.82 Å². The molecule has 29 heavy (non-hydrogen) atoms. The number of hydrogen-bond acceptors (Lipinski definition) is 7. The van der Waals surface area contributed by atoms with Crippen LogP contribution >= 0.6 is 0 Å². The molecule has 0 radical (unpaired) electrons. The minimum atomic E-state index is -0.437. The van der Waals surface area contributed by atoms with Crippen LogP contribution in [0.2, 0.25) is 0 Å². The van der Waals surface area contributed by atoms with E-state index in [0.717, 1.165) is 32.8 Å². The third kappa shape index (κ3) is 4.25. The molecule has 0 unspecified atom stereocenters. The minimum absolute atomic E-state index is 0.0748. The summed E-state index contributed by atoms with van der Waals surface area (Å²) in [4.78, 5) is 14.6. The van der Waals surface area contributed by atoms with Gasteiger partial charge in [-0.3, -0.25) is 4.90 Å². The van der Waals surface area contributed by atoms with Crippen LogP contribution in [0.1, 0.15) is 0 Å². The lowest BCUT2D eigenvalue weighted by atomic mass is 10.1. The summed E-state index contributed by atoms with van der Waals surface area (Å²) in [6, 6.07) is 11.2. The van der Waals surface area contributed by atoms with E-state index in [-0.39, 0.29) is 17.3 Å². The molecular weight excluding hydrogens is 376 g/mol. The van der Waals surface area contributed by atoms with Crippen LogP contribution in [0, 0.1) is 0 Å². The van der Waals surface area contributed by atoms with Crippen LogP contribution in [-0.4, -0.2) is 69.3 Å². The van der Waals surface area contributed by atoms with Crippen LogP contribution in [0.3, 0.4) is 0 Å². The molecule has 3 aromatic rings. The standard InChI is InChI=1S/C20H22N4O5/c25-15-3-6-17(18(26)13-15)19-21-22-20(27)24(19)14-1-4-16(5-2-14)29-12-9-23-7-10-28-11-8-23/h1-6,13,25-26H,7-12H2,(H,22,27). The maximum Gasteiger partial charge on any atom is 0.348 e. The number of rotatable bonds is 6. The molecule has 0 atom stereocenters. The van der Waals surface area contributed by atoms with E-state index >= 15 is 0 Å². The van der Waals surface area contributed by atoms with Crippen molar-refractivity contribution in [2.45, 2.75) is 0 Å². The summed E-state index contributed by atoms with van der Waals surface area (Å²) in [5, 5.41) is 26.0. The second-order valence-corrected chi connectivity index (χ2v) is 6.69. The van der Waals surface area contributed by atoms with Gasteiger partial charge in [-0.25, -0.2) is 14.5 Å². The van der Waals surface area contributed by atoms with Crippen molar-refractivity contribution < 1.29 is 19.7 Å². The van der Waals surface area contributed by atoms with Gasteiger partial charge in [-0.05, 0) is 36.4 Å². The summed E-state index contributed by atoms with van der Waals surface area (Å²) in [6.07, 6.45) is 0. The number of morpholine rings is 1. The van der Waals surface area contributed by atoms with E-state index in [1.165, 1.54) is 22.8 Å². The predicted octanol–water partition coefficient (Wildman–Crippen LogP) is 1.35. The number of ether oxygens (including phenoxy) is 2. The predicted molar refractivity (Wildman–Crippen MR) is 106 cm³/mol. The van der Waals surface area contributed by atoms with Gasteiger partial charge >= 0.3 is 5.69 Å². The molecule has 4 rings (SSSR count). The van der Waals surface area contributed by atoms with Crippen molar-refractivity contribution in [3.05, 3.63) is 52.9 Å². The summed E-state index contributed by atoms with van der Waals surface area (Å²) in [5.74, 6) is 0.698. The second kappa shape index (κ2) is 8.38. The van der Waals surface area contributed by atoms with Gasteiger partial charge in [0, 0.05) is 25.7 Å². The fourth-order valence-corrected chi connectivity index (χ4v) is 3.24. The average Bonchev–Trinajstić information content (AvgIpc) is 3.10. The number of benzene rings is 2. The largest absolute Gasteiger partial charge is 0.508 e. The Hall–Kier alpha value is -3.30. The molecule has 152 valence electrons. The Morgan fingerprint density at radius 2 is 1.86 bits per heavy atom. The number of aromatic hydroxyl groups is 2. The first-order chi connectivity index (χ1) is 14.1. The Morgan fingerprint density at radius 1 is 1.10 bits per heavy atom. The summed E-state index contributed by atoms with van der Waals surface area (Å²) in [5.41, 5.74) is 0.465. The molecule has 0 bridgehead atoms. The van der Waals surface area contributed by atoms with Crippen molar-refractivity contribution in [1.29, 1.82) is 0 Å². The zero-order chi connectivity index (χ0) is 20.2. The van der Waals surface area contributed by atoms with Crippen molar-refractivity contribution in [2.24, 2.45) is 0 Å². The Labute approximate surface area is 166 Å². The number of nitrogens with zero attached hydrogens (tertiary/aromatic N) is 3. The summed E-state index contributed by atoms with van der Waals surface area (Å²) < 4.78 is 12.5. The third-order valence-corrected chi connectivity index (χ3v) is 4.77. The zero-order valence-electron chi connectivity index (χ0n) is 15.7. The molecule has 0 spiro atoms. The maximum absolute atomic E-state index is 12.3. The first-order valence-electron chi connectivity index (χ1n) is 9.35. The molecule has 9 nitrogen and oxygen atoms in total. The molecule has 1 aliphatic heterocycles. The van der Waals surface area contributed by atoms with Crippen LogP contribution in [0.5, 0.6) is 17.2 Å². The number of nitrogens with one attached hydrogen (secondary N) is 1. The van der Waals surface area contributed by atoms with E-state index in [4.69, 9.17) is 9.47 Å². The molecule has 1 saturated heterocycles. The van der Waals surface area contributed by atoms with Crippen LogP contribution in [0.15, 0.2) is 47.3 Å². The van der Waals surface area contributed by atoms with E-state index < -0.39 is 5.69 Å². The fourth-order valence-electron chi connectivity index (χ4n) is 3.24. The highest BCUT2D eigenvalue weighted by molar-refractivity contribution is 5.66. The van der Waals surface area contributed by atoms with Crippen LogP contribution in [0.4, 0.5) is 0 Å². The number of aromatic amines is 1. The lowest BCUT2D eigenvalue weighted by Gasteiger charge is -2.26. The van der Waals surface area contributed by atoms with E-state index in [0.29, 0.717) is 23.6 Å². The highest BCUT2D eigenvalue weighted by atomic mass is 16.5. The lowest BCUT2D eigenvalue weighted by molar-refractivity contribution is 0.0322. The topological polar surface area (TPSA) is 113 Å². The number of hydrogen-bond donors (Lipinski definition) is 3. The molecule has 0 amide bonds. The Kier molecular flexibility index (Phi) is 5.50. The fraction of sp³-hybridized carbons (Fsp3) is 0.300. The number of H-pyrrole nitrogens is 1. The summed E-state index contributed by atoms with van der Waals surface area (Å²) in [6.45, 7) is 4.74. The van der Waals surface area contributed by atoms with Gasteiger partial charge in [0.05, 0.1) is 24.5 Å². The zero-order valence-corrected chi connectivity index (χ0v) is 15.7. The summed E-state index contributed by atoms with van der Waals surface area (Å²) in [7, 11) is 0. The van der Waals surface area contributed by atoms with Gasteiger partial charge in [-0.2, -0.15) is 5.10 Å². The van der Waals surface area contributed by atoms with Crippen molar-refractivity contribution >= 4 is 0 Å². The second-order valence-electron chi connectivity index (χ2n) is 6.69. The van der Waals surface area contributed by atoms with Crippen molar-refractivity contribution in [3.63, 3.8) is 0 Å².